The summed E-state index contributed by atoms with van der Waals surface area (Å²) in [5.41, 5.74) is 3.63. The summed E-state index contributed by atoms with van der Waals surface area (Å²) in [5.74, 6) is -0.254. The van der Waals surface area contributed by atoms with Crippen molar-refractivity contribution >= 4 is 28.7 Å². The average molecular weight is 454 g/mol. The van der Waals surface area contributed by atoms with Crippen LogP contribution in [0.25, 0.3) is 22.2 Å². The highest BCUT2D eigenvalue weighted by Crippen LogP contribution is 2.39. The number of fused-ring (bicyclic) bond motifs is 1. The van der Waals surface area contributed by atoms with E-state index >= 15 is 0 Å². The normalized spacial score (nSPS) is 20.6. The lowest BCUT2D eigenvalue weighted by atomic mass is 9.85. The molecule has 0 saturated heterocycles. The SMILES string of the molecule is CC(=O)N[C@@H]1CCCC(C(=O)Nc2cc(-c3cc(F)c4ncn(C5CC5)c4c3)c(C)cn2)C1.[HH].[HH]. The van der Waals surface area contributed by atoms with Crippen LogP contribution < -0.4 is 10.6 Å². The summed E-state index contributed by atoms with van der Waals surface area (Å²) in [6.45, 7) is 3.42. The fourth-order valence-corrected chi connectivity index (χ4v) is 4.87. The molecular weight excluding hydrogens is 421 g/mol. The molecule has 33 heavy (non-hydrogen) atoms. The summed E-state index contributed by atoms with van der Waals surface area (Å²) >= 11 is 0. The first-order valence-electron chi connectivity index (χ1n) is 11.6. The van der Waals surface area contributed by atoms with Crippen LogP contribution >= 0.6 is 0 Å². The van der Waals surface area contributed by atoms with Crippen molar-refractivity contribution in [3.8, 4) is 11.1 Å². The van der Waals surface area contributed by atoms with Gasteiger partial charge in [0.2, 0.25) is 11.8 Å². The number of nitrogens with zero attached hydrogens (tertiary/aromatic N) is 3. The van der Waals surface area contributed by atoms with Crippen LogP contribution in [0, 0.1) is 18.7 Å². The zero-order valence-electron chi connectivity index (χ0n) is 18.9. The number of rotatable bonds is 5. The van der Waals surface area contributed by atoms with E-state index in [4.69, 9.17) is 0 Å². The Bertz CT molecular complexity index is 1240. The Kier molecular flexibility index (Phi) is 5.60. The van der Waals surface area contributed by atoms with E-state index in [1.54, 1.807) is 18.6 Å². The van der Waals surface area contributed by atoms with Crippen LogP contribution in [0.5, 0.6) is 0 Å². The summed E-state index contributed by atoms with van der Waals surface area (Å²) in [7, 11) is 0. The molecule has 2 N–H and O–H groups in total. The highest BCUT2D eigenvalue weighted by Gasteiger charge is 2.28. The van der Waals surface area contributed by atoms with Crippen LogP contribution in [0.3, 0.4) is 0 Å². The van der Waals surface area contributed by atoms with Crippen molar-refractivity contribution in [2.75, 3.05) is 5.32 Å². The van der Waals surface area contributed by atoms with Gasteiger partial charge in [-0.15, -0.1) is 0 Å². The lowest BCUT2D eigenvalue weighted by Crippen LogP contribution is -2.40. The molecule has 2 heterocycles. The molecule has 0 spiro atoms. The molecule has 1 aromatic carbocycles. The number of benzene rings is 1. The van der Waals surface area contributed by atoms with E-state index in [1.807, 2.05) is 13.0 Å². The number of imidazole rings is 1. The Morgan fingerprint density at radius 3 is 2.73 bits per heavy atom. The van der Waals surface area contributed by atoms with Crippen LogP contribution in [-0.2, 0) is 9.59 Å². The maximum atomic E-state index is 14.9. The molecule has 0 bridgehead atoms. The Balaban J connectivity index is 0.00000171. The standard InChI is InChI=1S/C25H28FN5O2.2H2/c1-14-12-27-23(30-25(33)16-4-3-5-18(8-16)29-15(2)32)11-20(14)17-9-21(26)24-22(10-17)31(13-28-24)19-6-7-19;;/h9-13,16,18-19H,3-8H2,1-2H3,(H,29,32)(H,27,30,33);2*1H/t16?,18-;;/m1../s1. The van der Waals surface area contributed by atoms with Crippen LogP contribution in [0.1, 0.15) is 59.9 Å². The second kappa shape index (κ2) is 8.57. The molecule has 176 valence electrons. The topological polar surface area (TPSA) is 88.9 Å². The predicted molar refractivity (Wildman–Crippen MR) is 128 cm³/mol. The van der Waals surface area contributed by atoms with Gasteiger partial charge < -0.3 is 15.2 Å². The molecule has 1 unspecified atom stereocenters. The second-order valence-electron chi connectivity index (χ2n) is 9.34. The predicted octanol–water partition coefficient (Wildman–Crippen LogP) is 5.01. The van der Waals surface area contributed by atoms with Crippen molar-refractivity contribution in [1.29, 1.82) is 0 Å². The number of anilines is 1. The number of carbonyl (C=O) groups is 2. The zero-order chi connectivity index (χ0) is 23.1. The number of pyridine rings is 1. The molecule has 2 atom stereocenters. The van der Waals surface area contributed by atoms with Crippen molar-refractivity contribution in [3.63, 3.8) is 0 Å². The Labute approximate surface area is 194 Å². The third-order valence-electron chi connectivity index (χ3n) is 6.69. The number of nitrogens with one attached hydrogen (secondary N) is 2. The Hall–Kier alpha value is -3.29. The van der Waals surface area contributed by atoms with E-state index < -0.39 is 0 Å². The van der Waals surface area contributed by atoms with E-state index in [2.05, 4.69) is 25.2 Å². The van der Waals surface area contributed by atoms with Crippen LogP contribution in [0.2, 0.25) is 0 Å². The maximum Gasteiger partial charge on any atom is 0.228 e. The van der Waals surface area contributed by atoms with Gasteiger partial charge in [-0.3, -0.25) is 9.59 Å². The number of hydrogen-bond acceptors (Lipinski definition) is 4. The van der Waals surface area contributed by atoms with Crippen molar-refractivity contribution in [3.05, 3.63) is 42.1 Å². The van der Waals surface area contributed by atoms with E-state index in [9.17, 15) is 14.0 Å². The van der Waals surface area contributed by atoms with Crippen LogP contribution in [0.4, 0.5) is 10.2 Å². The molecule has 2 aliphatic rings. The number of aromatic nitrogens is 3. The molecule has 2 amide bonds. The Morgan fingerprint density at radius 2 is 1.97 bits per heavy atom. The lowest BCUT2D eigenvalue weighted by molar-refractivity contribution is -0.123. The summed E-state index contributed by atoms with van der Waals surface area (Å²) in [5, 5.41) is 5.86. The van der Waals surface area contributed by atoms with Crippen molar-refractivity contribution in [2.24, 2.45) is 5.92 Å². The van der Waals surface area contributed by atoms with Gasteiger partial charge in [0.1, 0.15) is 11.3 Å². The highest BCUT2D eigenvalue weighted by atomic mass is 19.1. The van der Waals surface area contributed by atoms with E-state index in [1.165, 1.54) is 13.0 Å². The van der Waals surface area contributed by atoms with Gasteiger partial charge in [-0.05, 0) is 73.9 Å². The number of aryl methyl sites for hydroxylation is 1. The largest absolute Gasteiger partial charge is 0.354 e. The van der Waals surface area contributed by atoms with Crippen LogP contribution in [-0.4, -0.2) is 32.4 Å². The van der Waals surface area contributed by atoms with Crippen molar-refractivity contribution < 1.29 is 16.8 Å². The molecule has 5 rings (SSSR count). The number of halogens is 1. The van der Waals surface area contributed by atoms with Crippen molar-refractivity contribution in [2.45, 2.75) is 64.5 Å². The van der Waals surface area contributed by atoms with Gasteiger partial charge in [-0.1, -0.05) is 6.42 Å². The first-order chi connectivity index (χ1) is 15.9. The summed E-state index contributed by atoms with van der Waals surface area (Å²) in [6.07, 6.45) is 8.79. The zero-order valence-corrected chi connectivity index (χ0v) is 18.9. The molecular formula is C25H32FN5O2. The lowest BCUT2D eigenvalue weighted by Gasteiger charge is -2.28. The summed E-state index contributed by atoms with van der Waals surface area (Å²) in [4.78, 5) is 32.9. The van der Waals surface area contributed by atoms with Gasteiger partial charge in [0.05, 0.1) is 11.8 Å². The average Bonchev–Trinajstić information content (AvgIpc) is 3.53. The van der Waals surface area contributed by atoms with Gasteiger partial charge in [0.15, 0.2) is 5.82 Å². The van der Waals surface area contributed by atoms with Gasteiger partial charge in [0, 0.05) is 34.0 Å². The molecule has 0 radical (unpaired) electrons. The van der Waals surface area contributed by atoms with E-state index in [-0.39, 0.29) is 32.4 Å². The molecule has 8 heteroatoms. The van der Waals surface area contributed by atoms with E-state index in [0.717, 1.165) is 54.3 Å². The Morgan fingerprint density at radius 1 is 1.15 bits per heavy atom. The third kappa shape index (κ3) is 4.47. The molecule has 2 aliphatic carbocycles. The minimum atomic E-state index is -0.352. The minimum absolute atomic E-state index is 0. The smallest absolute Gasteiger partial charge is 0.228 e. The van der Waals surface area contributed by atoms with Gasteiger partial charge in [-0.2, -0.15) is 0 Å². The fraction of sp³-hybridized carbons (Fsp3) is 0.440. The summed E-state index contributed by atoms with van der Waals surface area (Å²) in [6, 6.07) is 5.70. The molecule has 7 nitrogen and oxygen atoms in total. The third-order valence-corrected chi connectivity index (χ3v) is 6.69. The fourth-order valence-electron chi connectivity index (χ4n) is 4.87. The van der Waals surface area contributed by atoms with E-state index in [0.29, 0.717) is 23.8 Å². The monoisotopic (exact) mass is 453 g/mol. The van der Waals surface area contributed by atoms with Gasteiger partial charge >= 0.3 is 0 Å². The first kappa shape index (κ1) is 21.6. The van der Waals surface area contributed by atoms with Crippen LogP contribution in [0.15, 0.2) is 30.7 Å². The molecule has 3 aromatic rings. The number of amides is 2. The molecule has 2 aromatic heterocycles. The molecule has 2 saturated carbocycles. The maximum absolute atomic E-state index is 14.9. The minimum Gasteiger partial charge on any atom is -0.354 e. The first-order valence-corrected chi connectivity index (χ1v) is 11.6. The quantitative estimate of drug-likeness (QED) is 0.569. The van der Waals surface area contributed by atoms with Gasteiger partial charge in [0.25, 0.3) is 0 Å². The summed E-state index contributed by atoms with van der Waals surface area (Å²) < 4.78 is 16.9. The van der Waals surface area contributed by atoms with Crippen molar-refractivity contribution in [1.82, 2.24) is 19.9 Å². The van der Waals surface area contributed by atoms with Gasteiger partial charge in [-0.25, -0.2) is 14.4 Å². The second-order valence-corrected chi connectivity index (χ2v) is 9.34. The molecule has 0 aliphatic heterocycles. The number of hydrogen-bond donors (Lipinski definition) is 2. The molecule has 2 fully saturated rings. The number of carbonyl (C=O) groups excluding carboxylic acids is 2. The highest BCUT2D eigenvalue weighted by molar-refractivity contribution is 5.93.